The molecule has 2 aliphatic heterocycles. The third-order valence-corrected chi connectivity index (χ3v) is 3.94. The molecule has 0 spiro atoms. The van der Waals surface area contributed by atoms with Crippen molar-refractivity contribution in [1.29, 1.82) is 0 Å². The fourth-order valence-electron chi connectivity index (χ4n) is 2.95. The second-order valence-corrected chi connectivity index (χ2v) is 5.20. The van der Waals surface area contributed by atoms with E-state index in [4.69, 9.17) is 9.47 Å². The molecule has 1 aromatic rings. The van der Waals surface area contributed by atoms with Crippen LogP contribution in [0.25, 0.3) is 0 Å². The van der Waals surface area contributed by atoms with Gasteiger partial charge in [0.15, 0.2) is 11.5 Å². The molecule has 0 radical (unpaired) electrons. The van der Waals surface area contributed by atoms with Crippen LogP contribution in [-0.4, -0.2) is 37.9 Å². The number of piperazine rings is 1. The average Bonchev–Trinajstić information content (AvgIpc) is 2.93. The van der Waals surface area contributed by atoms with Gasteiger partial charge in [0, 0.05) is 32.2 Å². The van der Waals surface area contributed by atoms with E-state index in [1.54, 1.807) is 0 Å². The quantitative estimate of drug-likeness (QED) is 0.917. The average molecular weight is 335 g/mol. The molecule has 0 saturated carbocycles. The summed E-state index contributed by atoms with van der Waals surface area (Å²) in [6, 6.07) is 6.89. The largest absolute Gasteiger partial charge is 0.454 e. The van der Waals surface area contributed by atoms with Crippen LogP contribution in [0, 0.1) is 0 Å². The van der Waals surface area contributed by atoms with Crippen molar-refractivity contribution in [3.8, 4) is 11.5 Å². The summed E-state index contributed by atoms with van der Waals surface area (Å²) in [6.45, 7) is 7.03. The SMILES string of the molecule is CCC[C@@H](c1ccc2c(c1)OCO2)N1CCNCC1.Cl.Cl. The van der Waals surface area contributed by atoms with E-state index < -0.39 is 0 Å². The first-order valence-electron chi connectivity index (χ1n) is 7.23. The summed E-state index contributed by atoms with van der Waals surface area (Å²) in [7, 11) is 0. The predicted molar refractivity (Wildman–Crippen MR) is 89.2 cm³/mol. The number of nitrogens with one attached hydrogen (secondary N) is 1. The third-order valence-electron chi connectivity index (χ3n) is 3.94. The molecular weight excluding hydrogens is 311 g/mol. The Labute approximate surface area is 139 Å². The number of fused-ring (bicyclic) bond motifs is 1. The van der Waals surface area contributed by atoms with Gasteiger partial charge in [0.05, 0.1) is 0 Å². The van der Waals surface area contributed by atoms with Crippen LogP contribution in [0.3, 0.4) is 0 Å². The monoisotopic (exact) mass is 334 g/mol. The molecule has 0 amide bonds. The summed E-state index contributed by atoms with van der Waals surface area (Å²) in [5.74, 6) is 1.77. The maximum absolute atomic E-state index is 5.50. The maximum atomic E-state index is 5.50. The van der Waals surface area contributed by atoms with Crippen LogP contribution in [0.4, 0.5) is 0 Å². The molecule has 0 aliphatic carbocycles. The van der Waals surface area contributed by atoms with E-state index in [1.165, 1.54) is 18.4 Å². The van der Waals surface area contributed by atoms with Gasteiger partial charge in [-0.25, -0.2) is 0 Å². The van der Waals surface area contributed by atoms with Crippen molar-refractivity contribution in [2.45, 2.75) is 25.8 Å². The lowest BCUT2D eigenvalue weighted by Gasteiger charge is -2.35. The van der Waals surface area contributed by atoms with Gasteiger partial charge in [-0.1, -0.05) is 19.4 Å². The lowest BCUT2D eigenvalue weighted by Crippen LogP contribution is -2.45. The first kappa shape index (κ1) is 18.4. The second-order valence-electron chi connectivity index (χ2n) is 5.20. The third kappa shape index (κ3) is 4.16. The van der Waals surface area contributed by atoms with Crippen LogP contribution < -0.4 is 14.8 Å². The molecule has 0 unspecified atom stereocenters. The Hall–Kier alpha value is -0.680. The normalized spacial score (nSPS) is 18.5. The van der Waals surface area contributed by atoms with Gasteiger partial charge >= 0.3 is 0 Å². The molecule has 2 aliphatic rings. The first-order chi connectivity index (χ1) is 9.38. The van der Waals surface area contributed by atoms with Crippen LogP contribution in [0.5, 0.6) is 11.5 Å². The standard InChI is InChI=1S/C15H22N2O2.2ClH/c1-2-3-13(17-8-6-16-7-9-17)12-4-5-14-15(10-12)19-11-18-14;;/h4-5,10,13,16H,2-3,6-9,11H2,1H3;2*1H/t13-;;/m0../s1. The molecule has 1 saturated heterocycles. The number of ether oxygens (including phenoxy) is 2. The van der Waals surface area contributed by atoms with Crippen molar-refractivity contribution in [3.05, 3.63) is 23.8 Å². The smallest absolute Gasteiger partial charge is 0.231 e. The van der Waals surface area contributed by atoms with Gasteiger partial charge in [-0.15, -0.1) is 24.8 Å². The molecule has 1 aromatic carbocycles. The summed E-state index contributed by atoms with van der Waals surface area (Å²) in [5, 5.41) is 3.42. The zero-order valence-electron chi connectivity index (χ0n) is 12.3. The van der Waals surface area contributed by atoms with Crippen molar-refractivity contribution < 1.29 is 9.47 Å². The molecule has 2 heterocycles. The highest BCUT2D eigenvalue weighted by Crippen LogP contribution is 2.36. The van der Waals surface area contributed by atoms with Gasteiger partial charge < -0.3 is 14.8 Å². The van der Waals surface area contributed by atoms with E-state index >= 15 is 0 Å². The Kier molecular flexibility index (Phi) is 7.60. The molecule has 3 rings (SSSR count). The predicted octanol–water partition coefficient (Wildman–Crippen LogP) is 3.01. The van der Waals surface area contributed by atoms with Crippen LogP contribution in [0.1, 0.15) is 31.4 Å². The lowest BCUT2D eigenvalue weighted by molar-refractivity contribution is 0.163. The van der Waals surface area contributed by atoms with Crippen molar-refractivity contribution in [1.82, 2.24) is 10.2 Å². The van der Waals surface area contributed by atoms with Crippen LogP contribution >= 0.6 is 24.8 Å². The van der Waals surface area contributed by atoms with E-state index in [0.717, 1.165) is 37.7 Å². The minimum Gasteiger partial charge on any atom is -0.454 e. The van der Waals surface area contributed by atoms with E-state index in [0.29, 0.717) is 12.8 Å². The summed E-state index contributed by atoms with van der Waals surface area (Å²) < 4.78 is 10.9. The van der Waals surface area contributed by atoms with Crippen LogP contribution in [-0.2, 0) is 0 Å². The number of rotatable bonds is 4. The molecular formula is C15H24Cl2N2O2. The Bertz CT molecular complexity index is 440. The highest BCUT2D eigenvalue weighted by Gasteiger charge is 2.23. The van der Waals surface area contributed by atoms with E-state index in [2.05, 4.69) is 29.3 Å². The number of halogens is 2. The summed E-state index contributed by atoms with van der Waals surface area (Å²) >= 11 is 0. The highest BCUT2D eigenvalue weighted by molar-refractivity contribution is 5.85. The Morgan fingerprint density at radius 3 is 2.57 bits per heavy atom. The molecule has 0 bridgehead atoms. The van der Waals surface area contributed by atoms with E-state index in [9.17, 15) is 0 Å². The molecule has 1 atom stereocenters. The Morgan fingerprint density at radius 2 is 1.86 bits per heavy atom. The first-order valence-corrected chi connectivity index (χ1v) is 7.23. The summed E-state index contributed by atoms with van der Waals surface area (Å²) in [5.41, 5.74) is 1.35. The van der Waals surface area contributed by atoms with Gasteiger partial charge in [0.2, 0.25) is 6.79 Å². The lowest BCUT2D eigenvalue weighted by atomic mass is 9.99. The maximum Gasteiger partial charge on any atom is 0.231 e. The van der Waals surface area contributed by atoms with Crippen molar-refractivity contribution in [2.75, 3.05) is 33.0 Å². The minimum atomic E-state index is 0. The molecule has 4 nitrogen and oxygen atoms in total. The van der Waals surface area contributed by atoms with Crippen molar-refractivity contribution in [2.24, 2.45) is 0 Å². The molecule has 0 aromatic heterocycles. The number of hydrogen-bond acceptors (Lipinski definition) is 4. The molecule has 1 fully saturated rings. The molecule has 6 heteroatoms. The van der Waals surface area contributed by atoms with Gasteiger partial charge in [-0.3, -0.25) is 4.90 Å². The highest BCUT2D eigenvalue weighted by atomic mass is 35.5. The summed E-state index contributed by atoms with van der Waals surface area (Å²) in [6.07, 6.45) is 2.39. The fourth-order valence-corrected chi connectivity index (χ4v) is 2.95. The van der Waals surface area contributed by atoms with Gasteiger partial charge in [0.1, 0.15) is 0 Å². The van der Waals surface area contributed by atoms with Gasteiger partial charge in [0.25, 0.3) is 0 Å². The summed E-state index contributed by atoms with van der Waals surface area (Å²) in [4.78, 5) is 2.58. The number of nitrogens with zero attached hydrogens (tertiary/aromatic N) is 1. The zero-order chi connectivity index (χ0) is 13.1. The number of benzene rings is 1. The molecule has 1 N–H and O–H groups in total. The molecule has 120 valence electrons. The van der Waals surface area contributed by atoms with Crippen molar-refractivity contribution >= 4 is 24.8 Å². The topological polar surface area (TPSA) is 33.7 Å². The van der Waals surface area contributed by atoms with E-state index in [1.807, 2.05) is 6.07 Å². The van der Waals surface area contributed by atoms with Gasteiger partial charge in [-0.05, 0) is 24.1 Å². The second kappa shape index (κ2) is 8.69. The Morgan fingerprint density at radius 1 is 1.14 bits per heavy atom. The van der Waals surface area contributed by atoms with E-state index in [-0.39, 0.29) is 24.8 Å². The number of hydrogen-bond donors (Lipinski definition) is 1. The van der Waals surface area contributed by atoms with Gasteiger partial charge in [-0.2, -0.15) is 0 Å². The fraction of sp³-hybridized carbons (Fsp3) is 0.600. The van der Waals surface area contributed by atoms with Crippen molar-refractivity contribution in [3.63, 3.8) is 0 Å². The van der Waals surface area contributed by atoms with Crippen LogP contribution in [0.15, 0.2) is 18.2 Å². The Balaban J connectivity index is 0.00000110. The molecule has 21 heavy (non-hydrogen) atoms. The van der Waals surface area contributed by atoms with Crippen LogP contribution in [0.2, 0.25) is 0 Å². The zero-order valence-corrected chi connectivity index (χ0v) is 14.0. The minimum absolute atomic E-state index is 0.